The highest BCUT2D eigenvalue weighted by Gasteiger charge is 2.22. The third-order valence-electron chi connectivity index (χ3n) is 4.72. The van der Waals surface area contributed by atoms with Crippen LogP contribution in [0.2, 0.25) is 0 Å². The van der Waals surface area contributed by atoms with Crippen molar-refractivity contribution >= 4 is 11.6 Å². The number of nitrogens with zero attached hydrogens (tertiary/aromatic N) is 3. The van der Waals surface area contributed by atoms with E-state index >= 15 is 0 Å². The Balaban J connectivity index is 2.08. The van der Waals surface area contributed by atoms with Crippen molar-refractivity contribution in [3.8, 4) is 11.1 Å². The van der Waals surface area contributed by atoms with Gasteiger partial charge in [-0.1, -0.05) is 58.0 Å². The Morgan fingerprint density at radius 2 is 1.85 bits per heavy atom. The van der Waals surface area contributed by atoms with E-state index in [2.05, 4.69) is 50.1 Å². The summed E-state index contributed by atoms with van der Waals surface area (Å²) in [5.74, 6) is 0.616. The second kappa shape index (κ2) is 7.91. The van der Waals surface area contributed by atoms with Gasteiger partial charge >= 0.3 is 0 Å². The van der Waals surface area contributed by atoms with Crippen LogP contribution in [0, 0.1) is 12.8 Å². The van der Waals surface area contributed by atoms with Crippen molar-refractivity contribution in [1.82, 2.24) is 19.9 Å². The van der Waals surface area contributed by atoms with Crippen LogP contribution in [0.15, 0.2) is 36.5 Å². The zero-order valence-corrected chi connectivity index (χ0v) is 16.8. The lowest BCUT2D eigenvalue weighted by Gasteiger charge is -2.15. The van der Waals surface area contributed by atoms with Crippen molar-refractivity contribution < 1.29 is 4.79 Å². The average Bonchev–Trinajstić information content (AvgIpc) is 2.96. The normalized spacial score (nSPS) is 11.5. The second-order valence-electron chi connectivity index (χ2n) is 7.71. The first-order chi connectivity index (χ1) is 12.9. The fourth-order valence-electron chi connectivity index (χ4n) is 3.35. The molecule has 1 amide bonds. The lowest BCUT2D eigenvalue weighted by Crippen LogP contribution is -2.27. The van der Waals surface area contributed by atoms with Crippen LogP contribution < -0.4 is 5.32 Å². The quantitative estimate of drug-likeness (QED) is 0.695. The molecule has 0 aliphatic rings. The van der Waals surface area contributed by atoms with Crippen molar-refractivity contribution in [2.24, 2.45) is 5.92 Å². The van der Waals surface area contributed by atoms with E-state index in [-0.39, 0.29) is 11.8 Å². The fourth-order valence-corrected chi connectivity index (χ4v) is 3.35. The number of carbonyl (C=O) groups is 1. The van der Waals surface area contributed by atoms with Gasteiger partial charge in [-0.2, -0.15) is 5.10 Å². The molecule has 5 nitrogen and oxygen atoms in total. The van der Waals surface area contributed by atoms with Gasteiger partial charge in [0.2, 0.25) is 0 Å². The van der Waals surface area contributed by atoms with Crippen molar-refractivity contribution in [2.45, 2.75) is 47.0 Å². The molecule has 0 atom stereocenters. The SMILES string of the molecule is Cc1nn2c(C(C)C)c(C(=O)NCCC(C)C)cnc2c1-c1ccccc1. The summed E-state index contributed by atoms with van der Waals surface area (Å²) in [6.45, 7) is 11.1. The van der Waals surface area contributed by atoms with Crippen molar-refractivity contribution in [2.75, 3.05) is 6.54 Å². The molecule has 142 valence electrons. The van der Waals surface area contributed by atoms with Crippen LogP contribution in [-0.2, 0) is 0 Å². The molecule has 0 aliphatic carbocycles. The lowest BCUT2D eigenvalue weighted by atomic mass is 10.0. The summed E-state index contributed by atoms with van der Waals surface area (Å²) in [7, 11) is 0. The predicted molar refractivity (Wildman–Crippen MR) is 109 cm³/mol. The molecule has 5 heteroatoms. The average molecular weight is 364 g/mol. The van der Waals surface area contributed by atoms with Crippen LogP contribution in [0.1, 0.15) is 61.8 Å². The van der Waals surface area contributed by atoms with E-state index in [0.717, 1.165) is 34.6 Å². The van der Waals surface area contributed by atoms with Gasteiger partial charge in [-0.15, -0.1) is 0 Å². The van der Waals surface area contributed by atoms with E-state index in [1.165, 1.54) is 0 Å². The summed E-state index contributed by atoms with van der Waals surface area (Å²) in [5, 5.41) is 7.76. The van der Waals surface area contributed by atoms with Crippen LogP contribution in [0.4, 0.5) is 0 Å². The maximum absolute atomic E-state index is 12.8. The summed E-state index contributed by atoms with van der Waals surface area (Å²) in [5.41, 5.74) is 5.30. The smallest absolute Gasteiger partial charge is 0.254 e. The van der Waals surface area contributed by atoms with Crippen LogP contribution in [-0.4, -0.2) is 27.0 Å². The second-order valence-corrected chi connectivity index (χ2v) is 7.71. The van der Waals surface area contributed by atoms with Gasteiger partial charge in [-0.05, 0) is 30.7 Å². The van der Waals surface area contributed by atoms with Crippen LogP contribution >= 0.6 is 0 Å². The zero-order valence-electron chi connectivity index (χ0n) is 16.8. The number of hydrogen-bond acceptors (Lipinski definition) is 3. The van der Waals surface area contributed by atoms with Gasteiger partial charge in [0, 0.05) is 18.3 Å². The lowest BCUT2D eigenvalue weighted by molar-refractivity contribution is 0.0949. The highest BCUT2D eigenvalue weighted by molar-refractivity contribution is 5.96. The molecule has 0 saturated heterocycles. The molecule has 27 heavy (non-hydrogen) atoms. The van der Waals surface area contributed by atoms with Gasteiger partial charge < -0.3 is 5.32 Å². The Bertz CT molecular complexity index is 942. The number of aryl methyl sites for hydroxylation is 1. The number of hydrogen-bond donors (Lipinski definition) is 1. The van der Waals surface area contributed by atoms with E-state index < -0.39 is 0 Å². The summed E-state index contributed by atoms with van der Waals surface area (Å²) in [4.78, 5) is 17.4. The number of nitrogens with one attached hydrogen (secondary N) is 1. The summed E-state index contributed by atoms with van der Waals surface area (Å²) in [6.07, 6.45) is 2.65. The number of fused-ring (bicyclic) bond motifs is 1. The molecule has 0 aliphatic heterocycles. The van der Waals surface area contributed by atoms with Crippen LogP contribution in [0.25, 0.3) is 16.8 Å². The minimum atomic E-state index is -0.0804. The number of rotatable bonds is 6. The van der Waals surface area contributed by atoms with Gasteiger partial charge in [0.25, 0.3) is 5.91 Å². The Morgan fingerprint density at radius 3 is 2.48 bits per heavy atom. The summed E-state index contributed by atoms with van der Waals surface area (Å²) < 4.78 is 1.85. The van der Waals surface area contributed by atoms with Crippen LogP contribution in [0.5, 0.6) is 0 Å². The molecule has 0 spiro atoms. The Hall–Kier alpha value is -2.69. The monoisotopic (exact) mass is 364 g/mol. The van der Waals surface area contributed by atoms with Gasteiger partial charge in [0.1, 0.15) is 0 Å². The van der Waals surface area contributed by atoms with E-state index in [4.69, 9.17) is 5.10 Å². The molecule has 0 fully saturated rings. The highest BCUT2D eigenvalue weighted by atomic mass is 16.1. The Labute approximate surface area is 160 Å². The molecule has 3 aromatic rings. The Morgan fingerprint density at radius 1 is 1.15 bits per heavy atom. The van der Waals surface area contributed by atoms with Crippen molar-refractivity contribution in [3.63, 3.8) is 0 Å². The van der Waals surface area contributed by atoms with E-state index in [0.29, 0.717) is 18.0 Å². The van der Waals surface area contributed by atoms with E-state index in [1.807, 2.05) is 29.6 Å². The number of benzene rings is 1. The number of carbonyl (C=O) groups excluding carboxylic acids is 1. The number of aromatic nitrogens is 3. The molecule has 1 aromatic carbocycles. The standard InChI is InChI=1S/C22H28N4O/c1-14(2)11-12-23-22(27)18-13-24-21-19(17-9-7-6-8-10-17)16(5)25-26(21)20(18)15(3)4/h6-10,13-15H,11-12H2,1-5H3,(H,23,27). The molecule has 1 N–H and O–H groups in total. The maximum Gasteiger partial charge on any atom is 0.254 e. The van der Waals surface area contributed by atoms with E-state index in [1.54, 1.807) is 6.20 Å². The molecule has 0 saturated carbocycles. The number of amides is 1. The van der Waals surface area contributed by atoms with Gasteiger partial charge in [0.15, 0.2) is 5.65 Å². The summed E-state index contributed by atoms with van der Waals surface area (Å²) >= 11 is 0. The van der Waals surface area contributed by atoms with Crippen LogP contribution in [0.3, 0.4) is 0 Å². The molecule has 2 heterocycles. The first kappa shape index (κ1) is 19.1. The molecule has 2 aromatic heterocycles. The zero-order chi connectivity index (χ0) is 19.6. The topological polar surface area (TPSA) is 59.3 Å². The van der Waals surface area contributed by atoms with Gasteiger partial charge in [0.05, 0.1) is 17.0 Å². The third kappa shape index (κ3) is 3.87. The molecular formula is C22H28N4O. The first-order valence-electron chi connectivity index (χ1n) is 9.62. The minimum absolute atomic E-state index is 0.0804. The van der Waals surface area contributed by atoms with Crippen molar-refractivity contribution in [3.05, 3.63) is 53.5 Å². The molecule has 0 unspecified atom stereocenters. The largest absolute Gasteiger partial charge is 0.352 e. The molecule has 0 radical (unpaired) electrons. The Kier molecular flexibility index (Phi) is 5.59. The maximum atomic E-state index is 12.8. The van der Waals surface area contributed by atoms with E-state index in [9.17, 15) is 4.79 Å². The molecular weight excluding hydrogens is 336 g/mol. The third-order valence-corrected chi connectivity index (χ3v) is 4.72. The van der Waals surface area contributed by atoms with Crippen molar-refractivity contribution in [1.29, 1.82) is 0 Å². The first-order valence-corrected chi connectivity index (χ1v) is 9.62. The minimum Gasteiger partial charge on any atom is -0.352 e. The summed E-state index contributed by atoms with van der Waals surface area (Å²) in [6, 6.07) is 10.1. The van der Waals surface area contributed by atoms with Gasteiger partial charge in [-0.3, -0.25) is 4.79 Å². The van der Waals surface area contributed by atoms with Gasteiger partial charge in [-0.25, -0.2) is 9.50 Å². The highest BCUT2D eigenvalue weighted by Crippen LogP contribution is 2.30. The molecule has 3 rings (SSSR count). The predicted octanol–water partition coefficient (Wildman–Crippen LogP) is 4.60. The molecule has 0 bridgehead atoms. The fraction of sp³-hybridized carbons (Fsp3) is 0.409.